The lowest BCUT2D eigenvalue weighted by molar-refractivity contribution is 0.0706. The Bertz CT molecular complexity index is 71.7. The Kier molecular flexibility index (Phi) is 5.64. The summed E-state index contributed by atoms with van der Waals surface area (Å²) in [6, 6.07) is 0. The van der Waals surface area contributed by atoms with Gasteiger partial charge in [0.05, 0.1) is 6.10 Å². The maximum absolute atomic E-state index is 5.23. The summed E-state index contributed by atoms with van der Waals surface area (Å²) in [7, 11) is 3.89. The van der Waals surface area contributed by atoms with Crippen molar-refractivity contribution in [3.05, 3.63) is 0 Å². The van der Waals surface area contributed by atoms with Gasteiger partial charge in [0.15, 0.2) is 0 Å². The van der Waals surface area contributed by atoms with Gasteiger partial charge in [-0.25, -0.2) is 0 Å². The first-order chi connectivity index (χ1) is 4.74. The van der Waals surface area contributed by atoms with Gasteiger partial charge in [0.25, 0.3) is 0 Å². The van der Waals surface area contributed by atoms with E-state index in [2.05, 4.69) is 25.8 Å². The van der Waals surface area contributed by atoms with Crippen LogP contribution >= 0.6 is 0 Å². The maximum Gasteiger partial charge on any atom is 0.0695 e. The van der Waals surface area contributed by atoms with E-state index < -0.39 is 0 Å². The van der Waals surface area contributed by atoms with Crippen LogP contribution in [0.15, 0.2) is 0 Å². The number of rotatable bonds is 5. The number of likely N-dealkylation sites (N-methyl/N-ethyl adjacent to an activating group) is 1. The van der Waals surface area contributed by atoms with E-state index in [4.69, 9.17) is 4.74 Å². The van der Waals surface area contributed by atoms with Crippen molar-refractivity contribution in [1.82, 2.24) is 4.90 Å². The van der Waals surface area contributed by atoms with Crippen molar-refractivity contribution in [1.29, 1.82) is 0 Å². The highest BCUT2D eigenvalue weighted by Gasteiger charge is 2.05. The lowest BCUT2D eigenvalue weighted by atomic mass is 10.2. The molecule has 1 atom stereocenters. The Balaban J connectivity index is 3.41. The van der Waals surface area contributed by atoms with E-state index in [1.54, 1.807) is 7.11 Å². The summed E-state index contributed by atoms with van der Waals surface area (Å²) in [6.07, 6.45) is 1.51. The monoisotopic (exact) mass is 145 g/mol. The highest BCUT2D eigenvalue weighted by molar-refractivity contribution is 4.58. The molecule has 62 valence electrons. The van der Waals surface area contributed by atoms with Crippen LogP contribution in [0.3, 0.4) is 0 Å². The Morgan fingerprint density at radius 1 is 1.40 bits per heavy atom. The van der Waals surface area contributed by atoms with E-state index in [1.807, 2.05) is 0 Å². The molecule has 10 heavy (non-hydrogen) atoms. The topological polar surface area (TPSA) is 12.5 Å². The minimum atomic E-state index is 0.407. The van der Waals surface area contributed by atoms with Gasteiger partial charge >= 0.3 is 0 Å². The molecule has 0 aromatic carbocycles. The van der Waals surface area contributed by atoms with Gasteiger partial charge in [-0.3, -0.25) is 0 Å². The molecular formula is C8H19NO. The molecule has 2 heteroatoms. The Hall–Kier alpha value is -0.0800. The first kappa shape index (κ1) is 9.92. The summed E-state index contributed by atoms with van der Waals surface area (Å²) in [4.78, 5) is 2.26. The molecule has 0 fully saturated rings. The molecule has 0 bridgehead atoms. The second-order valence-electron chi connectivity index (χ2n) is 2.62. The van der Waals surface area contributed by atoms with Gasteiger partial charge in [-0.1, -0.05) is 13.8 Å². The predicted molar refractivity (Wildman–Crippen MR) is 44.3 cm³/mol. The molecule has 0 aliphatic heterocycles. The van der Waals surface area contributed by atoms with E-state index in [1.165, 1.54) is 0 Å². The molecule has 0 N–H and O–H groups in total. The van der Waals surface area contributed by atoms with Crippen LogP contribution in [0.1, 0.15) is 20.3 Å². The second kappa shape index (κ2) is 5.69. The molecule has 0 saturated heterocycles. The fourth-order valence-electron chi connectivity index (χ4n) is 0.847. The number of hydrogen-bond acceptors (Lipinski definition) is 2. The van der Waals surface area contributed by atoms with Crippen LogP contribution in [0.2, 0.25) is 0 Å². The number of methoxy groups -OCH3 is 1. The molecule has 0 rings (SSSR count). The Morgan fingerprint density at radius 3 is 2.30 bits per heavy atom. The molecule has 0 amide bonds. The summed E-state index contributed by atoms with van der Waals surface area (Å²) < 4.78 is 5.23. The normalized spacial score (nSPS) is 14.1. The SMILES string of the molecule is CC[C@@H](CN(C)CC)OC. The second-order valence-corrected chi connectivity index (χ2v) is 2.62. The zero-order valence-corrected chi connectivity index (χ0v) is 7.55. The van der Waals surface area contributed by atoms with Crippen LogP contribution in [0, 0.1) is 0 Å². The van der Waals surface area contributed by atoms with Crippen LogP contribution < -0.4 is 0 Å². The van der Waals surface area contributed by atoms with E-state index in [0.29, 0.717) is 6.10 Å². The van der Waals surface area contributed by atoms with Crippen LogP contribution in [0.25, 0.3) is 0 Å². The average Bonchev–Trinajstić information content (AvgIpc) is 1.99. The summed E-state index contributed by atoms with van der Waals surface area (Å²) in [5.74, 6) is 0. The molecule has 0 aromatic rings. The number of hydrogen-bond donors (Lipinski definition) is 0. The number of ether oxygens (including phenoxy) is 1. The van der Waals surface area contributed by atoms with Gasteiger partial charge in [0, 0.05) is 13.7 Å². The summed E-state index contributed by atoms with van der Waals surface area (Å²) in [6.45, 7) is 6.45. The molecular weight excluding hydrogens is 126 g/mol. The average molecular weight is 145 g/mol. The standard InChI is InChI=1S/C8H19NO/c1-5-8(10-4)7-9(3)6-2/h8H,5-7H2,1-4H3/t8-/m0/s1. The fourth-order valence-corrected chi connectivity index (χ4v) is 0.847. The third-order valence-corrected chi connectivity index (χ3v) is 1.84. The largest absolute Gasteiger partial charge is 0.380 e. The molecule has 0 radical (unpaired) electrons. The highest BCUT2D eigenvalue weighted by Crippen LogP contribution is 1.97. The van der Waals surface area contributed by atoms with E-state index in [9.17, 15) is 0 Å². The minimum Gasteiger partial charge on any atom is -0.380 e. The summed E-state index contributed by atoms with van der Waals surface area (Å²) >= 11 is 0. The Morgan fingerprint density at radius 2 is 2.00 bits per heavy atom. The molecule has 0 saturated carbocycles. The Labute approximate surface area is 64.2 Å². The van der Waals surface area contributed by atoms with Crippen LogP contribution in [0.5, 0.6) is 0 Å². The van der Waals surface area contributed by atoms with Gasteiger partial charge in [0.2, 0.25) is 0 Å². The molecule has 0 aromatic heterocycles. The van der Waals surface area contributed by atoms with Crippen LogP contribution in [-0.2, 0) is 4.74 Å². The zero-order chi connectivity index (χ0) is 7.98. The molecule has 0 spiro atoms. The van der Waals surface area contributed by atoms with Crippen molar-refractivity contribution in [2.45, 2.75) is 26.4 Å². The van der Waals surface area contributed by atoms with E-state index in [-0.39, 0.29) is 0 Å². The van der Waals surface area contributed by atoms with Gasteiger partial charge in [0.1, 0.15) is 0 Å². The van der Waals surface area contributed by atoms with Crippen molar-refractivity contribution in [2.24, 2.45) is 0 Å². The van der Waals surface area contributed by atoms with Gasteiger partial charge in [-0.15, -0.1) is 0 Å². The molecule has 0 unspecified atom stereocenters. The first-order valence-electron chi connectivity index (χ1n) is 3.95. The lowest BCUT2D eigenvalue weighted by Crippen LogP contribution is -2.29. The van der Waals surface area contributed by atoms with Crippen LogP contribution in [0.4, 0.5) is 0 Å². The first-order valence-corrected chi connectivity index (χ1v) is 3.95. The molecule has 0 heterocycles. The molecule has 0 aliphatic rings. The van der Waals surface area contributed by atoms with Gasteiger partial charge in [-0.2, -0.15) is 0 Å². The van der Waals surface area contributed by atoms with Crippen LogP contribution in [-0.4, -0.2) is 38.3 Å². The third-order valence-electron chi connectivity index (χ3n) is 1.84. The van der Waals surface area contributed by atoms with Crippen molar-refractivity contribution in [3.8, 4) is 0 Å². The van der Waals surface area contributed by atoms with E-state index >= 15 is 0 Å². The van der Waals surface area contributed by atoms with Crippen molar-refractivity contribution in [3.63, 3.8) is 0 Å². The zero-order valence-electron chi connectivity index (χ0n) is 7.55. The van der Waals surface area contributed by atoms with Crippen molar-refractivity contribution in [2.75, 3.05) is 27.2 Å². The highest BCUT2D eigenvalue weighted by atomic mass is 16.5. The van der Waals surface area contributed by atoms with Crippen molar-refractivity contribution < 1.29 is 4.74 Å². The molecule has 2 nitrogen and oxygen atoms in total. The maximum atomic E-state index is 5.23. The van der Waals surface area contributed by atoms with Gasteiger partial charge < -0.3 is 9.64 Å². The summed E-state index contributed by atoms with van der Waals surface area (Å²) in [5, 5.41) is 0. The minimum absolute atomic E-state index is 0.407. The summed E-state index contributed by atoms with van der Waals surface area (Å²) in [5.41, 5.74) is 0. The molecule has 0 aliphatic carbocycles. The predicted octanol–water partition coefficient (Wildman–Crippen LogP) is 1.36. The third kappa shape index (κ3) is 3.85. The van der Waals surface area contributed by atoms with E-state index in [0.717, 1.165) is 19.5 Å². The quantitative estimate of drug-likeness (QED) is 0.579. The smallest absolute Gasteiger partial charge is 0.0695 e. The fraction of sp³-hybridized carbons (Fsp3) is 1.00. The number of nitrogens with zero attached hydrogens (tertiary/aromatic N) is 1. The lowest BCUT2D eigenvalue weighted by Gasteiger charge is -2.20. The van der Waals surface area contributed by atoms with Gasteiger partial charge in [-0.05, 0) is 20.0 Å². The van der Waals surface area contributed by atoms with Crippen molar-refractivity contribution >= 4 is 0 Å².